The molecule has 0 aromatic carbocycles. The highest BCUT2D eigenvalue weighted by molar-refractivity contribution is 5.72. The zero-order valence-electron chi connectivity index (χ0n) is 16.2. The Balaban J connectivity index is 2.08. The minimum atomic E-state index is -0.802. The first-order valence-electron chi connectivity index (χ1n) is 10.9. The molecule has 4 nitrogen and oxygen atoms in total. The maximum atomic E-state index is 11.9. The van der Waals surface area contributed by atoms with Crippen LogP contribution >= 0.6 is 0 Å². The Morgan fingerprint density at radius 2 is 1.08 bits per heavy atom. The molecule has 2 N–H and O–H groups in total. The molecule has 0 aromatic heterocycles. The van der Waals surface area contributed by atoms with Crippen molar-refractivity contribution in [1.29, 1.82) is 0 Å². The van der Waals surface area contributed by atoms with Crippen molar-refractivity contribution in [1.82, 2.24) is 0 Å². The Labute approximate surface area is 157 Å². The summed E-state index contributed by atoms with van der Waals surface area (Å²) in [6, 6.07) is 0. The van der Waals surface area contributed by atoms with E-state index in [-0.39, 0.29) is 18.3 Å². The van der Waals surface area contributed by atoms with Crippen LogP contribution < -0.4 is 0 Å². The van der Waals surface area contributed by atoms with E-state index in [9.17, 15) is 19.8 Å². The third-order valence-corrected chi connectivity index (χ3v) is 8.13. The third kappa shape index (κ3) is 3.66. The fraction of sp³-hybridized carbons (Fsp3) is 0.909. The van der Waals surface area contributed by atoms with Gasteiger partial charge in [0.1, 0.15) is 0 Å². The van der Waals surface area contributed by atoms with Crippen molar-refractivity contribution in [2.24, 2.45) is 22.7 Å². The first kappa shape index (κ1) is 19.7. The number of rotatable bonds is 6. The molecule has 0 aromatic rings. The standard InChI is InChI=1S/C22H36O4/c23-19(24)15-21(16-20(25)26)13-7-8-14-22(21,17-9-3-1-4-10-17)18-11-5-2-6-12-18/h17-18H,1-16H2,(H,23,24)(H,25,26). The molecule has 3 aliphatic rings. The molecule has 0 spiro atoms. The summed E-state index contributed by atoms with van der Waals surface area (Å²) in [5, 5.41) is 19.6. The first-order valence-corrected chi connectivity index (χ1v) is 10.9. The second kappa shape index (κ2) is 8.31. The predicted octanol–water partition coefficient (Wildman–Crippen LogP) is 5.64. The van der Waals surface area contributed by atoms with E-state index in [1.54, 1.807) is 0 Å². The van der Waals surface area contributed by atoms with Crippen LogP contribution in [0.4, 0.5) is 0 Å². The quantitative estimate of drug-likeness (QED) is 0.639. The zero-order valence-corrected chi connectivity index (χ0v) is 16.2. The molecule has 3 rings (SSSR count). The summed E-state index contributed by atoms with van der Waals surface area (Å²) in [4.78, 5) is 23.8. The van der Waals surface area contributed by atoms with Crippen LogP contribution in [0.1, 0.15) is 103 Å². The van der Waals surface area contributed by atoms with E-state index in [1.807, 2.05) is 0 Å². The van der Waals surface area contributed by atoms with E-state index in [0.717, 1.165) is 25.7 Å². The molecule has 26 heavy (non-hydrogen) atoms. The van der Waals surface area contributed by atoms with Gasteiger partial charge in [-0.2, -0.15) is 0 Å². The van der Waals surface area contributed by atoms with Gasteiger partial charge in [-0.05, 0) is 61.2 Å². The molecular weight excluding hydrogens is 328 g/mol. The summed E-state index contributed by atoms with van der Waals surface area (Å²) in [7, 11) is 0. The van der Waals surface area contributed by atoms with E-state index in [2.05, 4.69) is 0 Å². The van der Waals surface area contributed by atoms with E-state index in [4.69, 9.17) is 0 Å². The number of hydrogen-bond acceptors (Lipinski definition) is 2. The van der Waals surface area contributed by atoms with Gasteiger partial charge in [-0.3, -0.25) is 9.59 Å². The Kier molecular flexibility index (Phi) is 6.29. The lowest BCUT2D eigenvalue weighted by Gasteiger charge is -2.62. The fourth-order valence-electron chi connectivity index (χ4n) is 7.37. The smallest absolute Gasteiger partial charge is 0.303 e. The first-order chi connectivity index (χ1) is 12.5. The normalized spacial score (nSPS) is 27.1. The van der Waals surface area contributed by atoms with Crippen molar-refractivity contribution in [2.75, 3.05) is 0 Å². The van der Waals surface area contributed by atoms with Crippen molar-refractivity contribution >= 4 is 11.9 Å². The number of carboxylic acids is 2. The lowest BCUT2D eigenvalue weighted by atomic mass is 9.42. The molecule has 0 aliphatic heterocycles. The second-order valence-corrected chi connectivity index (χ2v) is 9.34. The summed E-state index contributed by atoms with van der Waals surface area (Å²) in [5.41, 5.74) is -0.615. The highest BCUT2D eigenvalue weighted by Crippen LogP contribution is 2.66. The number of aliphatic carboxylic acids is 2. The van der Waals surface area contributed by atoms with Crippen molar-refractivity contribution in [3.63, 3.8) is 0 Å². The summed E-state index contributed by atoms with van der Waals surface area (Å²) in [6.45, 7) is 0. The van der Waals surface area contributed by atoms with Crippen LogP contribution in [-0.4, -0.2) is 22.2 Å². The van der Waals surface area contributed by atoms with Crippen LogP contribution in [0, 0.1) is 22.7 Å². The third-order valence-electron chi connectivity index (χ3n) is 8.13. The predicted molar refractivity (Wildman–Crippen MR) is 101 cm³/mol. The Morgan fingerprint density at radius 3 is 1.50 bits per heavy atom. The highest BCUT2D eigenvalue weighted by Gasteiger charge is 2.60. The summed E-state index contributed by atoms with van der Waals surface area (Å²) >= 11 is 0. The van der Waals surface area contributed by atoms with Crippen LogP contribution in [0.5, 0.6) is 0 Å². The van der Waals surface area contributed by atoms with Crippen molar-refractivity contribution in [2.45, 2.75) is 103 Å². The molecule has 148 valence electrons. The number of carbonyl (C=O) groups is 2. The Hall–Kier alpha value is -1.06. The molecule has 3 saturated carbocycles. The fourth-order valence-corrected chi connectivity index (χ4v) is 7.37. The van der Waals surface area contributed by atoms with Gasteiger partial charge in [-0.1, -0.05) is 51.4 Å². The van der Waals surface area contributed by atoms with Gasteiger partial charge in [0.05, 0.1) is 12.8 Å². The Morgan fingerprint density at radius 1 is 0.654 bits per heavy atom. The molecule has 0 saturated heterocycles. The van der Waals surface area contributed by atoms with Crippen molar-refractivity contribution in [3.05, 3.63) is 0 Å². The number of hydrogen-bond donors (Lipinski definition) is 2. The topological polar surface area (TPSA) is 74.6 Å². The summed E-state index contributed by atoms with van der Waals surface area (Å²) in [6.07, 6.45) is 16.3. The summed E-state index contributed by atoms with van der Waals surface area (Å²) in [5.74, 6) is -0.551. The van der Waals surface area contributed by atoms with Gasteiger partial charge >= 0.3 is 11.9 Å². The largest absolute Gasteiger partial charge is 0.481 e. The average molecular weight is 365 g/mol. The maximum absolute atomic E-state index is 11.9. The van der Waals surface area contributed by atoms with Gasteiger partial charge < -0.3 is 10.2 Å². The average Bonchev–Trinajstić information content (AvgIpc) is 2.62. The van der Waals surface area contributed by atoms with Gasteiger partial charge in [0.25, 0.3) is 0 Å². The molecule has 0 bridgehead atoms. The van der Waals surface area contributed by atoms with E-state index >= 15 is 0 Å². The molecule has 4 heteroatoms. The lowest BCUT2D eigenvalue weighted by molar-refractivity contribution is -0.171. The minimum absolute atomic E-state index is 0.0479. The highest BCUT2D eigenvalue weighted by atomic mass is 16.4. The van der Waals surface area contributed by atoms with Crippen LogP contribution in [0.2, 0.25) is 0 Å². The second-order valence-electron chi connectivity index (χ2n) is 9.34. The van der Waals surface area contributed by atoms with Gasteiger partial charge in [-0.15, -0.1) is 0 Å². The van der Waals surface area contributed by atoms with Crippen molar-refractivity contribution < 1.29 is 19.8 Å². The number of carboxylic acid groups (broad SMARTS) is 2. The molecule has 0 unspecified atom stereocenters. The van der Waals surface area contributed by atoms with Gasteiger partial charge in [0.2, 0.25) is 0 Å². The zero-order chi connectivity index (χ0) is 18.6. The maximum Gasteiger partial charge on any atom is 0.303 e. The molecule has 0 heterocycles. The van der Waals surface area contributed by atoms with Gasteiger partial charge in [-0.25, -0.2) is 0 Å². The molecule has 0 atom stereocenters. The van der Waals surface area contributed by atoms with E-state index in [1.165, 1.54) is 64.2 Å². The van der Waals surface area contributed by atoms with Crippen LogP contribution in [0.3, 0.4) is 0 Å². The molecule has 3 fully saturated rings. The van der Waals surface area contributed by atoms with Gasteiger partial charge in [0, 0.05) is 0 Å². The summed E-state index contributed by atoms with van der Waals surface area (Å²) < 4.78 is 0. The van der Waals surface area contributed by atoms with Crippen LogP contribution in [0.25, 0.3) is 0 Å². The molecular formula is C22H36O4. The molecule has 0 radical (unpaired) electrons. The SMILES string of the molecule is O=C(O)CC1(CC(=O)O)CCCCC1(C1CCCCC1)C1CCCCC1. The lowest BCUT2D eigenvalue weighted by Crippen LogP contribution is -2.56. The minimum Gasteiger partial charge on any atom is -0.481 e. The van der Waals surface area contributed by atoms with Crippen molar-refractivity contribution in [3.8, 4) is 0 Å². The molecule has 0 amide bonds. The Bertz CT molecular complexity index is 466. The van der Waals surface area contributed by atoms with Crippen LogP contribution in [-0.2, 0) is 9.59 Å². The van der Waals surface area contributed by atoms with E-state index in [0.29, 0.717) is 11.8 Å². The van der Waals surface area contributed by atoms with E-state index < -0.39 is 17.4 Å². The van der Waals surface area contributed by atoms with Crippen LogP contribution in [0.15, 0.2) is 0 Å². The molecule has 3 aliphatic carbocycles. The monoisotopic (exact) mass is 364 g/mol. The van der Waals surface area contributed by atoms with Gasteiger partial charge in [0.15, 0.2) is 0 Å².